The van der Waals surface area contributed by atoms with E-state index in [0.29, 0.717) is 10.6 Å². The number of halogens is 1. The molecular formula is C16H17ClN4O4S. The van der Waals surface area contributed by atoms with Gasteiger partial charge in [0.2, 0.25) is 15.9 Å². The molecule has 0 saturated heterocycles. The summed E-state index contributed by atoms with van der Waals surface area (Å²) in [7, 11) is -3.58. The van der Waals surface area contributed by atoms with Crippen molar-refractivity contribution in [2.75, 3.05) is 6.54 Å². The Bertz CT molecular complexity index is 901. The number of pyridine rings is 1. The molecule has 0 unspecified atom stereocenters. The first-order chi connectivity index (χ1) is 12.2. The van der Waals surface area contributed by atoms with Crippen molar-refractivity contribution in [3.8, 4) is 0 Å². The molecule has 10 heteroatoms. The summed E-state index contributed by atoms with van der Waals surface area (Å²) in [5.74, 6) is -1.13. The molecule has 0 bridgehead atoms. The highest BCUT2D eigenvalue weighted by Crippen LogP contribution is 2.08. The number of sulfonamides is 1. The number of benzene rings is 1. The Morgan fingerprint density at radius 1 is 1.08 bits per heavy atom. The van der Waals surface area contributed by atoms with Gasteiger partial charge in [0.1, 0.15) is 5.69 Å². The molecule has 1 heterocycles. The third-order valence-corrected chi connectivity index (χ3v) is 4.22. The SMILES string of the molecule is NS(=O)(=O)Cc1ccc(CNC(=O)CNC(=O)c2cc(Cl)ccn2)cc1. The second kappa shape index (κ2) is 8.75. The number of nitrogens with one attached hydrogen (secondary N) is 2. The van der Waals surface area contributed by atoms with Crippen LogP contribution in [0.2, 0.25) is 5.02 Å². The van der Waals surface area contributed by atoms with Crippen molar-refractivity contribution in [3.05, 3.63) is 64.4 Å². The topological polar surface area (TPSA) is 131 Å². The predicted octanol–water partition coefficient (Wildman–Crippen LogP) is 0.570. The quantitative estimate of drug-likeness (QED) is 0.629. The van der Waals surface area contributed by atoms with Crippen molar-refractivity contribution in [2.45, 2.75) is 12.3 Å². The molecule has 0 saturated carbocycles. The first-order valence-corrected chi connectivity index (χ1v) is 9.57. The van der Waals surface area contributed by atoms with Crippen LogP contribution in [0.1, 0.15) is 21.6 Å². The van der Waals surface area contributed by atoms with Crippen LogP contribution in [0, 0.1) is 0 Å². The van der Waals surface area contributed by atoms with Gasteiger partial charge in [-0.3, -0.25) is 14.6 Å². The molecule has 0 fully saturated rings. The van der Waals surface area contributed by atoms with Crippen molar-refractivity contribution >= 4 is 33.4 Å². The largest absolute Gasteiger partial charge is 0.350 e. The molecule has 138 valence electrons. The average Bonchev–Trinajstić information content (AvgIpc) is 2.57. The van der Waals surface area contributed by atoms with Crippen molar-refractivity contribution in [1.82, 2.24) is 15.6 Å². The molecule has 1 aromatic carbocycles. The standard InChI is InChI=1S/C16H17ClN4O4S/c17-13-5-6-19-14(7-13)16(23)21-9-15(22)20-8-11-1-3-12(4-2-11)10-26(18,24)25/h1-7H,8-10H2,(H,20,22)(H,21,23)(H2,18,24,25). The summed E-state index contributed by atoms with van der Waals surface area (Å²) < 4.78 is 22.0. The van der Waals surface area contributed by atoms with Gasteiger partial charge in [-0.2, -0.15) is 0 Å². The molecule has 2 amide bonds. The van der Waals surface area contributed by atoms with Gasteiger partial charge in [-0.1, -0.05) is 35.9 Å². The third kappa shape index (κ3) is 6.79. The molecule has 1 aromatic heterocycles. The molecule has 2 aromatic rings. The predicted molar refractivity (Wildman–Crippen MR) is 96.7 cm³/mol. The smallest absolute Gasteiger partial charge is 0.270 e. The maximum absolute atomic E-state index is 11.9. The zero-order valence-electron chi connectivity index (χ0n) is 13.6. The number of amides is 2. The number of nitrogens with two attached hydrogens (primary N) is 1. The fraction of sp³-hybridized carbons (Fsp3) is 0.188. The first kappa shape index (κ1) is 19.8. The van der Waals surface area contributed by atoms with Gasteiger partial charge < -0.3 is 10.6 Å². The lowest BCUT2D eigenvalue weighted by atomic mass is 10.1. The molecule has 2 rings (SSSR count). The van der Waals surface area contributed by atoms with Gasteiger partial charge in [0.15, 0.2) is 0 Å². The highest BCUT2D eigenvalue weighted by molar-refractivity contribution is 7.88. The number of nitrogens with zero attached hydrogens (tertiary/aromatic N) is 1. The van der Waals surface area contributed by atoms with Gasteiger partial charge in [0.25, 0.3) is 5.91 Å². The van der Waals surface area contributed by atoms with E-state index in [9.17, 15) is 18.0 Å². The maximum Gasteiger partial charge on any atom is 0.270 e. The van der Waals surface area contributed by atoms with E-state index in [1.54, 1.807) is 30.3 Å². The Morgan fingerprint density at radius 2 is 1.73 bits per heavy atom. The summed E-state index contributed by atoms with van der Waals surface area (Å²) in [4.78, 5) is 27.5. The van der Waals surface area contributed by atoms with Crippen molar-refractivity contribution < 1.29 is 18.0 Å². The summed E-state index contributed by atoms with van der Waals surface area (Å²) in [6.07, 6.45) is 1.40. The Kier molecular flexibility index (Phi) is 6.67. The van der Waals surface area contributed by atoms with Crippen LogP contribution >= 0.6 is 11.6 Å². The lowest BCUT2D eigenvalue weighted by molar-refractivity contribution is -0.120. The van der Waals surface area contributed by atoms with E-state index >= 15 is 0 Å². The van der Waals surface area contributed by atoms with Crippen LogP contribution in [0.3, 0.4) is 0 Å². The fourth-order valence-corrected chi connectivity index (χ4v) is 2.85. The molecule has 0 spiro atoms. The molecule has 0 aliphatic heterocycles. The van der Waals surface area contributed by atoms with Crippen LogP contribution in [0.4, 0.5) is 0 Å². The van der Waals surface area contributed by atoms with Crippen LogP contribution in [0.25, 0.3) is 0 Å². The zero-order valence-corrected chi connectivity index (χ0v) is 15.2. The first-order valence-electron chi connectivity index (χ1n) is 7.48. The van der Waals surface area contributed by atoms with E-state index < -0.39 is 15.9 Å². The van der Waals surface area contributed by atoms with E-state index in [-0.39, 0.29) is 30.4 Å². The summed E-state index contributed by atoms with van der Waals surface area (Å²) in [6.45, 7) is 0.0241. The van der Waals surface area contributed by atoms with Crippen LogP contribution in [0.15, 0.2) is 42.6 Å². The van der Waals surface area contributed by atoms with E-state index in [1.165, 1.54) is 12.3 Å². The minimum absolute atomic E-state index is 0.121. The minimum Gasteiger partial charge on any atom is -0.350 e. The lowest BCUT2D eigenvalue weighted by Gasteiger charge is -2.08. The van der Waals surface area contributed by atoms with E-state index in [0.717, 1.165) is 5.56 Å². The number of carbonyl (C=O) groups excluding carboxylic acids is 2. The van der Waals surface area contributed by atoms with E-state index in [4.69, 9.17) is 16.7 Å². The van der Waals surface area contributed by atoms with Crippen LogP contribution in [0.5, 0.6) is 0 Å². The monoisotopic (exact) mass is 396 g/mol. The van der Waals surface area contributed by atoms with E-state index in [2.05, 4.69) is 15.6 Å². The molecule has 0 radical (unpaired) electrons. The van der Waals surface area contributed by atoms with Crippen LogP contribution in [-0.4, -0.2) is 31.8 Å². The van der Waals surface area contributed by atoms with Crippen molar-refractivity contribution in [2.24, 2.45) is 5.14 Å². The molecule has 0 aliphatic carbocycles. The fourth-order valence-electron chi connectivity index (χ4n) is 2.03. The Labute approximate surface area is 155 Å². The number of rotatable bonds is 7. The third-order valence-electron chi connectivity index (χ3n) is 3.24. The molecule has 8 nitrogen and oxygen atoms in total. The lowest BCUT2D eigenvalue weighted by Crippen LogP contribution is -2.36. The normalized spacial score (nSPS) is 11.0. The Morgan fingerprint density at radius 3 is 2.35 bits per heavy atom. The summed E-state index contributed by atoms with van der Waals surface area (Å²) in [5, 5.41) is 10.4. The van der Waals surface area contributed by atoms with Crippen molar-refractivity contribution in [1.29, 1.82) is 0 Å². The zero-order chi connectivity index (χ0) is 19.2. The number of hydrogen-bond acceptors (Lipinski definition) is 5. The average molecular weight is 397 g/mol. The number of aromatic nitrogens is 1. The molecule has 0 aliphatic rings. The molecule has 4 N–H and O–H groups in total. The summed E-state index contributed by atoms with van der Waals surface area (Å²) in [5.41, 5.74) is 1.46. The molecule has 0 atom stereocenters. The van der Waals surface area contributed by atoms with Crippen LogP contribution in [-0.2, 0) is 27.1 Å². The van der Waals surface area contributed by atoms with Gasteiger partial charge in [0.05, 0.1) is 12.3 Å². The summed E-state index contributed by atoms with van der Waals surface area (Å²) in [6, 6.07) is 9.57. The summed E-state index contributed by atoms with van der Waals surface area (Å²) >= 11 is 5.78. The van der Waals surface area contributed by atoms with Gasteiger partial charge in [-0.15, -0.1) is 0 Å². The maximum atomic E-state index is 11.9. The highest BCUT2D eigenvalue weighted by atomic mass is 35.5. The second-order valence-electron chi connectivity index (χ2n) is 5.44. The molecular weight excluding hydrogens is 380 g/mol. The van der Waals surface area contributed by atoms with Gasteiger partial charge in [-0.05, 0) is 23.3 Å². The highest BCUT2D eigenvalue weighted by Gasteiger charge is 2.10. The van der Waals surface area contributed by atoms with Gasteiger partial charge in [0, 0.05) is 17.8 Å². The van der Waals surface area contributed by atoms with Crippen LogP contribution < -0.4 is 15.8 Å². The Balaban J connectivity index is 1.79. The minimum atomic E-state index is -3.58. The molecule has 26 heavy (non-hydrogen) atoms. The van der Waals surface area contributed by atoms with Crippen molar-refractivity contribution in [3.63, 3.8) is 0 Å². The second-order valence-corrected chi connectivity index (χ2v) is 7.49. The van der Waals surface area contributed by atoms with E-state index in [1.807, 2.05) is 0 Å². The number of primary sulfonamides is 1. The number of hydrogen-bond donors (Lipinski definition) is 3. The number of carbonyl (C=O) groups is 2. The Hall–Kier alpha value is -2.49. The van der Waals surface area contributed by atoms with Gasteiger partial charge in [-0.25, -0.2) is 13.6 Å². The van der Waals surface area contributed by atoms with Gasteiger partial charge >= 0.3 is 0 Å².